The van der Waals surface area contributed by atoms with Crippen LogP contribution >= 0.6 is 0 Å². The van der Waals surface area contributed by atoms with Gasteiger partial charge in [0.25, 0.3) is 0 Å². The van der Waals surface area contributed by atoms with E-state index in [-0.39, 0.29) is 5.54 Å². The number of hydrogen-bond donors (Lipinski definition) is 0. The number of hydrogen-bond acceptors (Lipinski definition) is 0. The van der Waals surface area contributed by atoms with E-state index in [9.17, 15) is 0 Å². The van der Waals surface area contributed by atoms with Crippen LogP contribution in [0.5, 0.6) is 0 Å². The van der Waals surface area contributed by atoms with Gasteiger partial charge >= 0.3 is 0 Å². The van der Waals surface area contributed by atoms with Crippen LogP contribution < -0.4 is 0 Å². The maximum Gasteiger partial charge on any atom is 0.0397 e. The zero-order valence-electron chi connectivity index (χ0n) is 17.1. The van der Waals surface area contributed by atoms with E-state index in [0.29, 0.717) is 0 Å². The SMILES string of the molecule is Cc1c(C)c(C)c(C([Si])c2c(C)c(C)c(C)c(C)c2C)c(C)c1C. The van der Waals surface area contributed by atoms with Gasteiger partial charge in [-0.3, -0.25) is 0 Å². The molecule has 0 atom stereocenters. The maximum atomic E-state index is 4.15. The molecule has 127 valence electrons. The van der Waals surface area contributed by atoms with Crippen LogP contribution in [0, 0.1) is 69.2 Å². The molecule has 0 aliphatic carbocycles. The highest BCUT2D eigenvalue weighted by atomic mass is 28.1. The largest absolute Gasteiger partial charge is 0.0447 e. The summed E-state index contributed by atoms with van der Waals surface area (Å²) in [6.45, 7) is 22.6. The standard InChI is InChI=1S/C23H31Si/c1-11-13(3)17(7)21(18(8)14(11)4)23(24)22-19(9)15(5)12(2)16(6)20(22)10/h23H,1-10H3. The molecule has 0 fully saturated rings. The smallest absolute Gasteiger partial charge is 0.0397 e. The van der Waals surface area contributed by atoms with Crippen molar-refractivity contribution < 1.29 is 0 Å². The van der Waals surface area contributed by atoms with Crippen molar-refractivity contribution in [2.24, 2.45) is 0 Å². The van der Waals surface area contributed by atoms with E-state index < -0.39 is 0 Å². The molecule has 0 saturated heterocycles. The lowest BCUT2D eigenvalue weighted by molar-refractivity contribution is 0.991. The monoisotopic (exact) mass is 335 g/mol. The van der Waals surface area contributed by atoms with Crippen molar-refractivity contribution in [3.05, 3.63) is 66.8 Å². The molecule has 0 heterocycles. The molecule has 0 aliphatic rings. The van der Waals surface area contributed by atoms with Crippen LogP contribution in [0.15, 0.2) is 0 Å². The Morgan fingerprint density at radius 2 is 0.542 bits per heavy atom. The summed E-state index contributed by atoms with van der Waals surface area (Å²) in [4.78, 5) is 0. The molecule has 0 spiro atoms. The average Bonchev–Trinajstić information content (AvgIpc) is 2.55. The maximum absolute atomic E-state index is 4.15. The second kappa shape index (κ2) is 6.52. The second-order valence-electron chi connectivity index (χ2n) is 7.51. The normalized spacial score (nSPS) is 11.5. The Bertz CT molecular complexity index is 697. The highest BCUT2D eigenvalue weighted by molar-refractivity contribution is 6.15. The van der Waals surface area contributed by atoms with Gasteiger partial charge in [-0.25, -0.2) is 0 Å². The highest BCUT2D eigenvalue weighted by Crippen LogP contribution is 2.38. The summed E-state index contributed by atoms with van der Waals surface area (Å²) >= 11 is 0. The molecule has 2 rings (SSSR count). The molecule has 1 heteroatoms. The zero-order valence-corrected chi connectivity index (χ0v) is 18.1. The first-order chi connectivity index (χ1) is 11.0. The Labute approximate surface area is 152 Å². The van der Waals surface area contributed by atoms with Gasteiger partial charge in [-0.15, -0.1) is 0 Å². The lowest BCUT2D eigenvalue weighted by Crippen LogP contribution is -2.14. The van der Waals surface area contributed by atoms with E-state index >= 15 is 0 Å². The van der Waals surface area contributed by atoms with Gasteiger partial charge < -0.3 is 0 Å². The third-order valence-corrected chi connectivity index (χ3v) is 7.27. The molecule has 0 aliphatic heterocycles. The van der Waals surface area contributed by atoms with E-state index in [0.717, 1.165) is 0 Å². The van der Waals surface area contributed by atoms with Crippen molar-refractivity contribution in [2.45, 2.75) is 74.8 Å². The molecule has 2 aromatic rings. The van der Waals surface area contributed by atoms with Crippen molar-refractivity contribution in [3.8, 4) is 0 Å². The van der Waals surface area contributed by atoms with Crippen LogP contribution in [-0.2, 0) is 0 Å². The molecular weight excluding hydrogens is 304 g/mol. The Morgan fingerprint density at radius 1 is 0.375 bits per heavy atom. The summed E-state index contributed by atoms with van der Waals surface area (Å²) in [6.07, 6.45) is 0. The molecule has 0 bridgehead atoms. The lowest BCUT2D eigenvalue weighted by atomic mass is 9.82. The van der Waals surface area contributed by atoms with E-state index in [1.807, 2.05) is 0 Å². The topological polar surface area (TPSA) is 0 Å². The lowest BCUT2D eigenvalue weighted by Gasteiger charge is -2.28. The summed E-state index contributed by atoms with van der Waals surface area (Å²) in [5, 5.41) is 0. The van der Waals surface area contributed by atoms with E-state index in [1.165, 1.54) is 66.8 Å². The van der Waals surface area contributed by atoms with Crippen LogP contribution in [0.1, 0.15) is 72.3 Å². The van der Waals surface area contributed by atoms with Crippen LogP contribution in [-0.4, -0.2) is 10.2 Å². The minimum absolute atomic E-state index is 0.237. The molecule has 24 heavy (non-hydrogen) atoms. The van der Waals surface area contributed by atoms with Gasteiger partial charge in [-0.05, 0) is 142 Å². The van der Waals surface area contributed by atoms with Crippen molar-refractivity contribution in [1.29, 1.82) is 0 Å². The van der Waals surface area contributed by atoms with Crippen molar-refractivity contribution in [1.82, 2.24) is 0 Å². The highest BCUT2D eigenvalue weighted by Gasteiger charge is 2.23. The molecule has 0 nitrogen and oxygen atoms in total. The Balaban J connectivity index is 2.84. The van der Waals surface area contributed by atoms with E-state index in [1.54, 1.807) is 0 Å². The molecule has 0 amide bonds. The molecular formula is C23H31Si. The quantitative estimate of drug-likeness (QED) is 0.588. The van der Waals surface area contributed by atoms with Crippen LogP contribution in [0.3, 0.4) is 0 Å². The first kappa shape index (κ1) is 19.0. The van der Waals surface area contributed by atoms with Gasteiger partial charge in [-0.1, -0.05) is 0 Å². The van der Waals surface area contributed by atoms with Crippen LogP contribution in [0.4, 0.5) is 0 Å². The third-order valence-electron chi connectivity index (χ3n) is 6.69. The molecule has 0 N–H and O–H groups in total. The minimum atomic E-state index is 0.237. The Kier molecular flexibility index (Phi) is 5.16. The van der Waals surface area contributed by atoms with Gasteiger partial charge in [0, 0.05) is 10.2 Å². The van der Waals surface area contributed by atoms with Crippen LogP contribution in [0.2, 0.25) is 0 Å². The number of benzene rings is 2. The fourth-order valence-electron chi connectivity index (χ4n) is 4.07. The molecule has 3 radical (unpaired) electrons. The zero-order chi connectivity index (χ0) is 18.5. The van der Waals surface area contributed by atoms with E-state index in [2.05, 4.69) is 79.5 Å². The van der Waals surface area contributed by atoms with E-state index in [4.69, 9.17) is 0 Å². The summed E-state index contributed by atoms with van der Waals surface area (Å²) in [5.74, 6) is 0. The number of rotatable bonds is 2. The first-order valence-corrected chi connectivity index (χ1v) is 9.44. The van der Waals surface area contributed by atoms with Crippen molar-refractivity contribution >= 4 is 10.2 Å². The Hall–Kier alpha value is -1.34. The van der Waals surface area contributed by atoms with Crippen molar-refractivity contribution in [3.63, 3.8) is 0 Å². The van der Waals surface area contributed by atoms with Gasteiger partial charge in [-0.2, -0.15) is 0 Å². The molecule has 0 aromatic heterocycles. The first-order valence-electron chi connectivity index (χ1n) is 8.87. The van der Waals surface area contributed by atoms with Crippen molar-refractivity contribution in [2.75, 3.05) is 0 Å². The fraction of sp³-hybridized carbons (Fsp3) is 0.478. The van der Waals surface area contributed by atoms with Gasteiger partial charge in [0.2, 0.25) is 0 Å². The Morgan fingerprint density at radius 3 is 0.750 bits per heavy atom. The predicted octanol–water partition coefficient (Wildman–Crippen LogP) is 6.03. The molecule has 2 aromatic carbocycles. The summed E-state index contributed by atoms with van der Waals surface area (Å²) in [6, 6.07) is 0. The third kappa shape index (κ3) is 2.67. The average molecular weight is 336 g/mol. The fourth-order valence-corrected chi connectivity index (χ4v) is 4.93. The van der Waals surface area contributed by atoms with Gasteiger partial charge in [0.15, 0.2) is 0 Å². The van der Waals surface area contributed by atoms with Gasteiger partial charge in [0.1, 0.15) is 0 Å². The summed E-state index contributed by atoms with van der Waals surface area (Å²) < 4.78 is 0. The minimum Gasteiger partial charge on any atom is -0.0447 e. The summed E-state index contributed by atoms with van der Waals surface area (Å²) in [5.41, 5.74) is 17.4. The summed E-state index contributed by atoms with van der Waals surface area (Å²) in [7, 11) is 4.15. The second-order valence-corrected chi connectivity index (χ2v) is 8.09. The van der Waals surface area contributed by atoms with Crippen LogP contribution in [0.25, 0.3) is 0 Å². The van der Waals surface area contributed by atoms with Gasteiger partial charge in [0.05, 0.1) is 0 Å². The molecule has 0 unspecified atom stereocenters. The molecule has 0 saturated carbocycles. The predicted molar refractivity (Wildman–Crippen MR) is 108 cm³/mol.